The fourth-order valence-corrected chi connectivity index (χ4v) is 1.96. The van der Waals surface area contributed by atoms with Crippen molar-refractivity contribution in [2.45, 2.75) is 20.3 Å². The fraction of sp³-hybridized carbons (Fsp3) is 0.286. The van der Waals surface area contributed by atoms with Gasteiger partial charge in [-0.15, -0.1) is 0 Å². The molecule has 0 N–H and O–H groups in total. The first-order valence-electron chi connectivity index (χ1n) is 5.49. The normalized spacial score (nSPS) is 10.4. The van der Waals surface area contributed by atoms with E-state index in [0.29, 0.717) is 0 Å². The second kappa shape index (κ2) is 4.44. The van der Waals surface area contributed by atoms with Gasteiger partial charge in [0.15, 0.2) is 11.5 Å². The molecule has 0 radical (unpaired) electrons. The second-order valence-corrected chi connectivity index (χ2v) is 3.72. The van der Waals surface area contributed by atoms with Crippen LogP contribution >= 0.6 is 0 Å². The van der Waals surface area contributed by atoms with Crippen molar-refractivity contribution < 1.29 is 9.15 Å². The maximum Gasteiger partial charge on any atom is 0.176 e. The zero-order chi connectivity index (χ0) is 11.5. The van der Waals surface area contributed by atoms with Crippen molar-refractivity contribution in [1.29, 1.82) is 0 Å². The molecule has 0 unspecified atom stereocenters. The van der Waals surface area contributed by atoms with E-state index >= 15 is 0 Å². The molecule has 2 heteroatoms. The number of hydrogen-bond donors (Lipinski definition) is 0. The summed E-state index contributed by atoms with van der Waals surface area (Å²) in [5.41, 5.74) is 2.21. The van der Waals surface area contributed by atoms with Gasteiger partial charge in [0, 0.05) is 11.1 Å². The van der Waals surface area contributed by atoms with Crippen molar-refractivity contribution in [3.05, 3.63) is 41.7 Å². The molecule has 2 aromatic rings. The molecule has 84 valence electrons. The third-order valence-electron chi connectivity index (χ3n) is 2.75. The average Bonchev–Trinajstić information content (AvgIpc) is 2.66. The Labute approximate surface area is 95.9 Å². The van der Waals surface area contributed by atoms with Gasteiger partial charge in [-0.25, -0.2) is 0 Å². The Kier molecular flexibility index (Phi) is 3.00. The molecule has 16 heavy (non-hydrogen) atoms. The van der Waals surface area contributed by atoms with Crippen molar-refractivity contribution >= 4 is 0 Å². The monoisotopic (exact) mass is 216 g/mol. The molecule has 0 aliphatic rings. The van der Waals surface area contributed by atoms with Crippen LogP contribution in [0.1, 0.15) is 18.2 Å². The molecule has 1 aromatic carbocycles. The van der Waals surface area contributed by atoms with Crippen molar-refractivity contribution in [2.24, 2.45) is 0 Å². The van der Waals surface area contributed by atoms with Crippen LogP contribution in [0.3, 0.4) is 0 Å². The summed E-state index contributed by atoms with van der Waals surface area (Å²) in [5.74, 6) is 2.64. The highest BCUT2D eigenvalue weighted by Gasteiger charge is 2.18. The number of aryl methyl sites for hydroxylation is 1. The predicted molar refractivity (Wildman–Crippen MR) is 64.8 cm³/mol. The summed E-state index contributed by atoms with van der Waals surface area (Å²) in [4.78, 5) is 0. The molecule has 0 spiro atoms. The van der Waals surface area contributed by atoms with E-state index in [1.165, 1.54) is 0 Å². The number of ether oxygens (including phenoxy) is 1. The summed E-state index contributed by atoms with van der Waals surface area (Å²) in [6.07, 6.45) is 0.922. The lowest BCUT2D eigenvalue weighted by atomic mass is 10.1. The summed E-state index contributed by atoms with van der Waals surface area (Å²) < 4.78 is 11.2. The van der Waals surface area contributed by atoms with Gasteiger partial charge in [0.05, 0.1) is 7.11 Å². The van der Waals surface area contributed by atoms with Crippen LogP contribution in [0.2, 0.25) is 0 Å². The number of rotatable bonds is 3. The lowest BCUT2D eigenvalue weighted by Gasteiger charge is -2.02. The third-order valence-corrected chi connectivity index (χ3v) is 2.75. The fourth-order valence-electron chi connectivity index (χ4n) is 1.96. The lowest BCUT2D eigenvalue weighted by molar-refractivity contribution is 0.407. The zero-order valence-corrected chi connectivity index (χ0v) is 9.91. The highest BCUT2D eigenvalue weighted by atomic mass is 16.5. The van der Waals surface area contributed by atoms with Crippen LogP contribution in [0.5, 0.6) is 5.75 Å². The molecule has 2 nitrogen and oxygen atoms in total. The molecule has 0 atom stereocenters. The van der Waals surface area contributed by atoms with E-state index in [1.54, 1.807) is 7.11 Å². The van der Waals surface area contributed by atoms with Crippen LogP contribution in [0.4, 0.5) is 0 Å². The van der Waals surface area contributed by atoms with Gasteiger partial charge in [-0.05, 0) is 13.3 Å². The molecule has 0 saturated carbocycles. The topological polar surface area (TPSA) is 22.4 Å². The first-order chi connectivity index (χ1) is 7.77. The molecule has 2 rings (SSSR count). The Hall–Kier alpha value is -1.70. The lowest BCUT2D eigenvalue weighted by Crippen LogP contribution is -1.88. The Morgan fingerprint density at radius 2 is 1.88 bits per heavy atom. The maximum absolute atomic E-state index is 5.79. The standard InChI is InChI=1S/C14H16O2/c1-4-12-10(2)16-13(14(12)15-3)11-8-6-5-7-9-11/h5-9H,4H2,1-3H3. The van der Waals surface area contributed by atoms with Crippen molar-refractivity contribution in [3.8, 4) is 17.1 Å². The molecule has 0 amide bonds. The molecule has 1 aromatic heterocycles. The van der Waals surface area contributed by atoms with Gasteiger partial charge >= 0.3 is 0 Å². The zero-order valence-electron chi connectivity index (χ0n) is 9.91. The van der Waals surface area contributed by atoms with Crippen molar-refractivity contribution in [2.75, 3.05) is 7.11 Å². The van der Waals surface area contributed by atoms with E-state index in [0.717, 1.165) is 34.8 Å². The van der Waals surface area contributed by atoms with Crippen LogP contribution in [0.25, 0.3) is 11.3 Å². The van der Waals surface area contributed by atoms with Gasteiger partial charge in [0.2, 0.25) is 0 Å². The van der Waals surface area contributed by atoms with E-state index in [9.17, 15) is 0 Å². The van der Waals surface area contributed by atoms with E-state index in [2.05, 4.69) is 6.92 Å². The Bertz CT molecular complexity index is 469. The van der Waals surface area contributed by atoms with Gasteiger partial charge in [-0.1, -0.05) is 37.3 Å². The summed E-state index contributed by atoms with van der Waals surface area (Å²) in [7, 11) is 1.69. The number of benzene rings is 1. The van der Waals surface area contributed by atoms with Crippen molar-refractivity contribution in [3.63, 3.8) is 0 Å². The number of hydrogen-bond acceptors (Lipinski definition) is 2. The molecule has 0 aliphatic heterocycles. The number of methoxy groups -OCH3 is 1. The number of furan rings is 1. The molecular formula is C14H16O2. The molecule has 0 fully saturated rings. The van der Waals surface area contributed by atoms with E-state index in [-0.39, 0.29) is 0 Å². The van der Waals surface area contributed by atoms with Crippen LogP contribution in [0, 0.1) is 6.92 Å². The molecule has 0 bridgehead atoms. The van der Waals surface area contributed by atoms with Crippen LogP contribution < -0.4 is 4.74 Å². The van der Waals surface area contributed by atoms with E-state index in [1.807, 2.05) is 37.3 Å². The van der Waals surface area contributed by atoms with Gasteiger partial charge in [0.1, 0.15) is 5.76 Å². The van der Waals surface area contributed by atoms with E-state index < -0.39 is 0 Å². The summed E-state index contributed by atoms with van der Waals surface area (Å²) in [5, 5.41) is 0. The van der Waals surface area contributed by atoms with Gasteiger partial charge in [0.25, 0.3) is 0 Å². The molecule has 0 saturated heterocycles. The first kappa shape index (κ1) is 10.8. The van der Waals surface area contributed by atoms with Crippen LogP contribution in [-0.4, -0.2) is 7.11 Å². The van der Waals surface area contributed by atoms with Crippen LogP contribution in [-0.2, 0) is 6.42 Å². The van der Waals surface area contributed by atoms with Crippen molar-refractivity contribution in [1.82, 2.24) is 0 Å². The first-order valence-corrected chi connectivity index (χ1v) is 5.49. The minimum Gasteiger partial charge on any atom is -0.492 e. The highest BCUT2D eigenvalue weighted by molar-refractivity contribution is 5.67. The quantitative estimate of drug-likeness (QED) is 0.778. The minimum atomic E-state index is 0.831. The summed E-state index contributed by atoms with van der Waals surface area (Å²) >= 11 is 0. The molecule has 1 heterocycles. The Balaban J connectivity index is 2.57. The van der Waals surface area contributed by atoms with Gasteiger partial charge in [-0.2, -0.15) is 0 Å². The predicted octanol–water partition coefficient (Wildman–Crippen LogP) is 3.83. The summed E-state index contributed by atoms with van der Waals surface area (Å²) in [6, 6.07) is 10.0. The second-order valence-electron chi connectivity index (χ2n) is 3.72. The summed E-state index contributed by atoms with van der Waals surface area (Å²) in [6.45, 7) is 4.09. The average molecular weight is 216 g/mol. The van der Waals surface area contributed by atoms with E-state index in [4.69, 9.17) is 9.15 Å². The largest absolute Gasteiger partial charge is 0.492 e. The highest BCUT2D eigenvalue weighted by Crippen LogP contribution is 2.37. The molecular weight excluding hydrogens is 200 g/mol. The maximum atomic E-state index is 5.79. The Morgan fingerprint density at radius 3 is 2.44 bits per heavy atom. The van der Waals surface area contributed by atoms with Gasteiger partial charge < -0.3 is 9.15 Å². The SMILES string of the molecule is CCc1c(C)oc(-c2ccccc2)c1OC. The Morgan fingerprint density at radius 1 is 1.19 bits per heavy atom. The molecule has 0 aliphatic carbocycles. The smallest absolute Gasteiger partial charge is 0.176 e. The van der Waals surface area contributed by atoms with Gasteiger partial charge in [-0.3, -0.25) is 0 Å². The minimum absolute atomic E-state index is 0.831. The van der Waals surface area contributed by atoms with Crippen LogP contribution in [0.15, 0.2) is 34.7 Å². The third kappa shape index (κ3) is 1.71.